The third-order valence-corrected chi connectivity index (χ3v) is 5.80. The Morgan fingerprint density at radius 1 is 1.06 bits per heavy atom. The molecule has 2 aromatic rings. The number of amides is 2. The van der Waals surface area contributed by atoms with E-state index in [-0.39, 0.29) is 46.9 Å². The Morgan fingerprint density at radius 2 is 1.68 bits per heavy atom. The first-order valence-electron chi connectivity index (χ1n) is 9.63. The van der Waals surface area contributed by atoms with Crippen molar-refractivity contribution in [3.8, 4) is 11.5 Å². The number of hydrogen-bond donors (Lipinski definition) is 2. The van der Waals surface area contributed by atoms with Gasteiger partial charge in [-0.25, -0.2) is 9.37 Å². The lowest BCUT2D eigenvalue weighted by molar-refractivity contribution is -0.151. The second kappa shape index (κ2) is 7.96. The minimum absolute atomic E-state index is 0.0205. The predicted molar refractivity (Wildman–Crippen MR) is 107 cm³/mol. The summed E-state index contributed by atoms with van der Waals surface area (Å²) >= 11 is 5.61. The minimum atomic E-state index is -0.619. The van der Waals surface area contributed by atoms with Crippen LogP contribution < -0.4 is 20.1 Å². The van der Waals surface area contributed by atoms with Gasteiger partial charge in [0.05, 0.1) is 11.2 Å². The Kier molecular flexibility index (Phi) is 5.47. The van der Waals surface area contributed by atoms with E-state index in [1.807, 2.05) is 0 Å². The molecule has 2 amide bonds. The molecule has 2 N–H and O–H groups in total. The lowest BCUT2D eigenvalue weighted by Gasteiger charge is -2.70. The molecule has 2 bridgehead atoms. The molecule has 0 aliphatic heterocycles. The molecule has 31 heavy (non-hydrogen) atoms. The summed E-state index contributed by atoms with van der Waals surface area (Å²) in [6, 6.07) is 5.19. The van der Waals surface area contributed by atoms with Crippen molar-refractivity contribution in [2.75, 3.05) is 13.2 Å². The number of ether oxygens (including phenoxy) is 2. The van der Waals surface area contributed by atoms with Crippen LogP contribution in [0.25, 0.3) is 0 Å². The van der Waals surface area contributed by atoms with Crippen LogP contribution in [0.5, 0.6) is 11.5 Å². The van der Waals surface area contributed by atoms with Gasteiger partial charge in [0, 0.05) is 17.1 Å². The Morgan fingerprint density at radius 3 is 2.26 bits per heavy atom. The van der Waals surface area contributed by atoms with Crippen molar-refractivity contribution in [3.05, 3.63) is 52.8 Å². The highest BCUT2D eigenvalue weighted by Gasteiger charge is 2.69. The van der Waals surface area contributed by atoms with Gasteiger partial charge in [-0.2, -0.15) is 4.39 Å². The molecule has 3 saturated carbocycles. The van der Waals surface area contributed by atoms with E-state index in [1.165, 1.54) is 24.4 Å². The van der Waals surface area contributed by atoms with Gasteiger partial charge in [0.2, 0.25) is 5.95 Å². The highest BCUT2D eigenvalue weighted by atomic mass is 35.5. The molecule has 0 radical (unpaired) electrons. The number of aryl methyl sites for hydroxylation is 1. The van der Waals surface area contributed by atoms with Crippen molar-refractivity contribution in [1.29, 1.82) is 0 Å². The van der Waals surface area contributed by atoms with Crippen LogP contribution in [0.4, 0.5) is 8.78 Å². The van der Waals surface area contributed by atoms with Crippen molar-refractivity contribution < 1.29 is 27.8 Å². The van der Waals surface area contributed by atoms with Crippen LogP contribution in [0, 0.1) is 18.7 Å². The molecule has 7 nitrogen and oxygen atoms in total. The van der Waals surface area contributed by atoms with Crippen molar-refractivity contribution in [2.45, 2.75) is 37.3 Å². The number of aromatic nitrogens is 1. The third-order valence-electron chi connectivity index (χ3n) is 5.49. The van der Waals surface area contributed by atoms with E-state index < -0.39 is 11.8 Å². The smallest absolute Gasteiger partial charge is 0.258 e. The fourth-order valence-electron chi connectivity index (χ4n) is 4.24. The topological polar surface area (TPSA) is 89.5 Å². The first-order valence-corrected chi connectivity index (χ1v) is 10.0. The fraction of sp³-hybridized carbons (Fsp3) is 0.381. The maximum atomic E-state index is 13.4. The molecule has 1 aromatic carbocycles. The van der Waals surface area contributed by atoms with E-state index in [0.29, 0.717) is 30.6 Å². The van der Waals surface area contributed by atoms with Crippen LogP contribution in [-0.2, 0) is 9.59 Å². The van der Waals surface area contributed by atoms with Crippen molar-refractivity contribution in [3.63, 3.8) is 0 Å². The Bertz CT molecular complexity index is 1030. The Balaban J connectivity index is 1.18. The molecule has 3 aliphatic rings. The lowest BCUT2D eigenvalue weighted by Crippen LogP contribution is -2.84. The molecule has 0 spiro atoms. The molecule has 0 saturated heterocycles. The summed E-state index contributed by atoms with van der Waals surface area (Å²) in [5.41, 5.74) is -0.141. The molecule has 10 heteroatoms. The zero-order valence-electron chi connectivity index (χ0n) is 16.6. The highest BCUT2D eigenvalue weighted by Crippen LogP contribution is 2.60. The van der Waals surface area contributed by atoms with Crippen LogP contribution in [-0.4, -0.2) is 41.1 Å². The number of nitrogens with zero attached hydrogens (tertiary/aromatic N) is 1. The van der Waals surface area contributed by atoms with Gasteiger partial charge in [-0.15, -0.1) is 0 Å². The molecular formula is C21H20ClF2N3O4. The number of halogens is 3. The van der Waals surface area contributed by atoms with Crippen LogP contribution in [0.3, 0.4) is 0 Å². The van der Waals surface area contributed by atoms with Gasteiger partial charge in [-0.05, 0) is 49.9 Å². The molecule has 3 aliphatic carbocycles. The zero-order valence-corrected chi connectivity index (χ0v) is 17.4. The van der Waals surface area contributed by atoms with Crippen LogP contribution in [0.1, 0.15) is 24.8 Å². The average molecular weight is 452 g/mol. The number of nitrogens with one attached hydrogen (secondary N) is 2. The van der Waals surface area contributed by atoms with Gasteiger partial charge in [0.1, 0.15) is 17.3 Å². The molecule has 164 valence electrons. The lowest BCUT2D eigenvalue weighted by atomic mass is 9.44. The van der Waals surface area contributed by atoms with E-state index >= 15 is 0 Å². The largest absolute Gasteiger partial charge is 0.484 e. The van der Waals surface area contributed by atoms with Crippen LogP contribution in [0.2, 0.25) is 5.02 Å². The summed E-state index contributed by atoms with van der Waals surface area (Å²) in [5, 5.41) is 5.83. The van der Waals surface area contributed by atoms with E-state index in [2.05, 4.69) is 15.6 Å². The molecule has 0 unspecified atom stereocenters. The monoisotopic (exact) mass is 451 g/mol. The predicted octanol–water partition coefficient (Wildman–Crippen LogP) is 2.69. The van der Waals surface area contributed by atoms with Gasteiger partial charge in [-0.1, -0.05) is 11.6 Å². The normalized spacial score (nSPS) is 23.2. The number of carbonyl (C=O) groups is 2. The van der Waals surface area contributed by atoms with E-state index in [4.69, 9.17) is 21.1 Å². The molecule has 0 atom stereocenters. The zero-order chi connectivity index (χ0) is 22.2. The van der Waals surface area contributed by atoms with Gasteiger partial charge in [0.15, 0.2) is 13.2 Å². The molecule has 3 fully saturated rings. The van der Waals surface area contributed by atoms with Crippen LogP contribution >= 0.6 is 11.6 Å². The number of pyridine rings is 1. The van der Waals surface area contributed by atoms with Crippen molar-refractivity contribution in [2.24, 2.45) is 0 Å². The van der Waals surface area contributed by atoms with Crippen molar-refractivity contribution in [1.82, 2.24) is 15.6 Å². The Labute approximate surface area is 182 Å². The second-order valence-electron chi connectivity index (χ2n) is 8.11. The van der Waals surface area contributed by atoms with Gasteiger partial charge >= 0.3 is 0 Å². The Hall–Kier alpha value is -2.94. The standard InChI is InChI=1S/C21H20ClF2N3O4/c1-12-4-17(24)25-6-16(12)31-8-19(29)27-21-9-20(10-21,11-21)26-18(28)7-30-13-2-3-14(22)15(23)5-13/h2-6H,7-11H2,1H3,(H,26,28)(H,27,29). The van der Waals surface area contributed by atoms with Crippen LogP contribution in [0.15, 0.2) is 30.5 Å². The first kappa shape index (κ1) is 21.3. The minimum Gasteiger partial charge on any atom is -0.484 e. The second-order valence-corrected chi connectivity index (χ2v) is 8.52. The molecule has 1 heterocycles. The van der Waals surface area contributed by atoms with E-state index in [1.54, 1.807) is 6.92 Å². The molecule has 1 aromatic heterocycles. The number of benzene rings is 1. The first-order chi connectivity index (χ1) is 14.7. The summed E-state index contributed by atoms with van der Waals surface area (Å²) in [7, 11) is 0. The average Bonchev–Trinajstić information content (AvgIpc) is 2.65. The highest BCUT2D eigenvalue weighted by molar-refractivity contribution is 6.30. The fourth-order valence-corrected chi connectivity index (χ4v) is 4.35. The number of rotatable bonds is 8. The third kappa shape index (κ3) is 4.56. The SMILES string of the molecule is Cc1cc(F)ncc1OCC(=O)NC12CC(NC(=O)COc3ccc(Cl)c(F)c3)(C1)C2. The van der Waals surface area contributed by atoms with E-state index in [9.17, 15) is 18.4 Å². The summed E-state index contributed by atoms with van der Waals surface area (Å²) in [4.78, 5) is 27.8. The van der Waals surface area contributed by atoms with Gasteiger partial charge < -0.3 is 20.1 Å². The molecular weight excluding hydrogens is 432 g/mol. The number of carbonyl (C=O) groups excluding carboxylic acids is 2. The van der Waals surface area contributed by atoms with E-state index in [0.717, 1.165) is 6.07 Å². The maximum absolute atomic E-state index is 13.4. The van der Waals surface area contributed by atoms with Gasteiger partial charge in [-0.3, -0.25) is 9.59 Å². The summed E-state index contributed by atoms with van der Waals surface area (Å²) in [6.45, 7) is 1.21. The van der Waals surface area contributed by atoms with Crippen molar-refractivity contribution >= 4 is 23.4 Å². The number of hydrogen-bond acceptors (Lipinski definition) is 5. The van der Waals surface area contributed by atoms with Gasteiger partial charge in [0.25, 0.3) is 11.8 Å². The summed E-state index contributed by atoms with van der Waals surface area (Å²) < 4.78 is 37.1. The molecule has 5 rings (SSSR count). The quantitative estimate of drug-likeness (QED) is 0.602. The summed E-state index contributed by atoms with van der Waals surface area (Å²) in [5.74, 6) is -1.29. The summed E-state index contributed by atoms with van der Waals surface area (Å²) in [6.07, 6.45) is 3.09. The maximum Gasteiger partial charge on any atom is 0.258 e.